The van der Waals surface area contributed by atoms with Crippen LogP contribution in [0.15, 0.2) is 0 Å². The lowest BCUT2D eigenvalue weighted by atomic mass is 10.0. The number of unbranched alkanes of at least 4 members (excludes halogenated alkanes) is 17. The first kappa shape index (κ1) is 28.6. The van der Waals surface area contributed by atoms with Crippen LogP contribution < -0.4 is 0 Å². The Morgan fingerprint density at radius 3 is 1.14 bits per heavy atom. The second-order valence-electron chi connectivity index (χ2n) is 8.07. The lowest BCUT2D eigenvalue weighted by Gasteiger charge is -2.07. The Bertz CT molecular complexity index is 349. The highest BCUT2D eigenvalue weighted by atomic mass is 35.8. The summed E-state index contributed by atoms with van der Waals surface area (Å²) in [4.78, 5) is 10.6. The zero-order chi connectivity index (χ0) is 20.9. The molecule has 0 aliphatic rings. The van der Waals surface area contributed by atoms with Crippen molar-refractivity contribution in [1.82, 2.24) is 0 Å². The van der Waals surface area contributed by atoms with Crippen LogP contribution in [0.3, 0.4) is 0 Å². The maximum atomic E-state index is 10.6. The highest BCUT2D eigenvalue weighted by molar-refractivity contribution is 7.64. The predicted molar refractivity (Wildman–Crippen MR) is 128 cm³/mol. The standard InChI is InChI=1S/C22H43Cl3O2Si/c1-22(26)27-20-18-16-14-12-10-8-6-4-2-3-5-7-9-11-13-15-17-19-21-28(23,24)25/h2-21H2,1H3. The molecule has 0 N–H and O–H groups in total. The minimum Gasteiger partial charge on any atom is -0.466 e. The number of hydrogen-bond acceptors (Lipinski definition) is 2. The normalized spacial score (nSPS) is 11.7. The average molecular weight is 474 g/mol. The van der Waals surface area contributed by atoms with Crippen LogP contribution in [-0.2, 0) is 9.53 Å². The summed E-state index contributed by atoms with van der Waals surface area (Å²) in [7, 11) is 0. The number of hydrogen-bond donors (Lipinski definition) is 0. The van der Waals surface area contributed by atoms with Gasteiger partial charge in [0, 0.05) is 6.92 Å². The second-order valence-corrected chi connectivity index (χ2v) is 17.3. The van der Waals surface area contributed by atoms with Gasteiger partial charge in [0.05, 0.1) is 6.61 Å². The first-order chi connectivity index (χ1) is 13.4. The molecule has 168 valence electrons. The van der Waals surface area contributed by atoms with Gasteiger partial charge in [0.1, 0.15) is 0 Å². The molecule has 0 unspecified atom stereocenters. The van der Waals surface area contributed by atoms with Gasteiger partial charge in [-0.15, -0.1) is 33.2 Å². The van der Waals surface area contributed by atoms with Gasteiger partial charge < -0.3 is 4.74 Å². The first-order valence-electron chi connectivity index (χ1n) is 11.6. The molecule has 28 heavy (non-hydrogen) atoms. The van der Waals surface area contributed by atoms with Crippen molar-refractivity contribution < 1.29 is 9.53 Å². The van der Waals surface area contributed by atoms with Crippen LogP contribution in [0.4, 0.5) is 0 Å². The van der Waals surface area contributed by atoms with E-state index in [0.29, 0.717) is 6.61 Å². The maximum Gasteiger partial charge on any atom is 0.341 e. The van der Waals surface area contributed by atoms with Crippen molar-refractivity contribution in [2.75, 3.05) is 6.61 Å². The van der Waals surface area contributed by atoms with Crippen molar-refractivity contribution in [3.8, 4) is 0 Å². The van der Waals surface area contributed by atoms with Crippen LogP contribution in [0, 0.1) is 0 Å². The van der Waals surface area contributed by atoms with Gasteiger partial charge in [-0.2, -0.15) is 0 Å². The van der Waals surface area contributed by atoms with E-state index in [1.807, 2.05) is 0 Å². The SMILES string of the molecule is CC(=O)OCCCCCCCCCCCCCCCCCCCC[Si](Cl)(Cl)Cl. The fourth-order valence-electron chi connectivity index (χ4n) is 3.47. The quantitative estimate of drug-likeness (QED) is 0.0718. The molecule has 0 aliphatic carbocycles. The van der Waals surface area contributed by atoms with E-state index >= 15 is 0 Å². The van der Waals surface area contributed by atoms with E-state index in [2.05, 4.69) is 0 Å². The summed E-state index contributed by atoms with van der Waals surface area (Å²) < 4.78 is 4.94. The molecule has 0 bridgehead atoms. The van der Waals surface area contributed by atoms with Gasteiger partial charge in [-0.1, -0.05) is 109 Å². The maximum absolute atomic E-state index is 10.6. The summed E-state index contributed by atoms with van der Waals surface area (Å²) in [6, 6.07) is -1.56. The minimum atomic E-state index is -2.37. The van der Waals surface area contributed by atoms with Gasteiger partial charge in [0.15, 0.2) is 0 Å². The molecule has 0 aromatic heterocycles. The zero-order valence-corrected chi connectivity index (χ0v) is 21.4. The first-order valence-corrected chi connectivity index (χ1v) is 16.9. The molecule has 0 saturated heterocycles. The van der Waals surface area contributed by atoms with E-state index in [4.69, 9.17) is 38.0 Å². The average Bonchev–Trinajstić information content (AvgIpc) is 2.61. The number of carbonyl (C=O) groups is 1. The Balaban J connectivity index is 3.04. The van der Waals surface area contributed by atoms with Crippen LogP contribution in [0.2, 0.25) is 6.04 Å². The zero-order valence-electron chi connectivity index (χ0n) is 18.1. The molecule has 2 nitrogen and oxygen atoms in total. The molecule has 0 spiro atoms. The molecule has 0 aromatic rings. The van der Waals surface area contributed by atoms with Crippen molar-refractivity contribution in [1.29, 1.82) is 0 Å². The number of carbonyl (C=O) groups excluding carboxylic acids is 1. The van der Waals surface area contributed by atoms with Crippen molar-refractivity contribution >= 4 is 45.2 Å². The summed E-state index contributed by atoms with van der Waals surface area (Å²) in [5.41, 5.74) is 0. The Morgan fingerprint density at radius 2 is 0.857 bits per heavy atom. The number of halogens is 3. The van der Waals surface area contributed by atoms with E-state index in [9.17, 15) is 4.79 Å². The topological polar surface area (TPSA) is 26.3 Å². The fraction of sp³-hybridized carbons (Fsp3) is 0.955. The van der Waals surface area contributed by atoms with Crippen LogP contribution in [0.5, 0.6) is 0 Å². The van der Waals surface area contributed by atoms with Crippen molar-refractivity contribution in [3.05, 3.63) is 0 Å². The third-order valence-electron chi connectivity index (χ3n) is 5.16. The van der Waals surface area contributed by atoms with Gasteiger partial charge in [0.2, 0.25) is 0 Å². The highest BCUT2D eigenvalue weighted by Gasteiger charge is 2.23. The van der Waals surface area contributed by atoms with Gasteiger partial charge in [0.25, 0.3) is 0 Å². The molecule has 0 aromatic carbocycles. The largest absolute Gasteiger partial charge is 0.466 e. The number of ether oxygens (including phenoxy) is 1. The van der Waals surface area contributed by atoms with E-state index in [0.717, 1.165) is 18.9 Å². The molecule has 0 heterocycles. The Kier molecular flexibility index (Phi) is 21.2. The van der Waals surface area contributed by atoms with Gasteiger partial charge in [-0.05, 0) is 12.5 Å². The Hall–Kier alpha value is 0.557. The molecule has 0 fully saturated rings. The Labute approximate surface area is 189 Å². The smallest absolute Gasteiger partial charge is 0.341 e. The summed E-state index contributed by atoms with van der Waals surface area (Å²) >= 11 is 17.7. The van der Waals surface area contributed by atoms with Crippen molar-refractivity contribution in [3.63, 3.8) is 0 Å². The van der Waals surface area contributed by atoms with Crippen LogP contribution >= 0.6 is 33.2 Å². The number of rotatable bonds is 21. The fourth-order valence-corrected chi connectivity index (χ4v) is 5.33. The third kappa shape index (κ3) is 26.6. The molecular weight excluding hydrogens is 431 g/mol. The second kappa shape index (κ2) is 20.8. The molecule has 0 saturated carbocycles. The lowest BCUT2D eigenvalue weighted by molar-refractivity contribution is -0.141. The van der Waals surface area contributed by atoms with Crippen molar-refractivity contribution in [2.24, 2.45) is 0 Å². The third-order valence-corrected chi connectivity index (χ3v) is 7.78. The van der Waals surface area contributed by atoms with Crippen LogP contribution in [0.25, 0.3) is 0 Å². The summed E-state index contributed by atoms with van der Waals surface area (Å²) in [5.74, 6) is -0.161. The summed E-state index contributed by atoms with van der Waals surface area (Å²) in [6.45, 7) is 2.07. The molecule has 0 radical (unpaired) electrons. The monoisotopic (exact) mass is 472 g/mol. The van der Waals surface area contributed by atoms with E-state index in [1.165, 1.54) is 110 Å². The predicted octanol–water partition coefficient (Wildman–Crippen LogP) is 9.23. The molecule has 0 aliphatic heterocycles. The number of esters is 1. The highest BCUT2D eigenvalue weighted by Crippen LogP contribution is 2.27. The van der Waals surface area contributed by atoms with Crippen LogP contribution in [-0.4, -0.2) is 18.6 Å². The van der Waals surface area contributed by atoms with E-state index < -0.39 is 6.00 Å². The minimum absolute atomic E-state index is 0.161. The van der Waals surface area contributed by atoms with Gasteiger partial charge in [-0.25, -0.2) is 0 Å². The van der Waals surface area contributed by atoms with Gasteiger partial charge in [-0.3, -0.25) is 4.79 Å². The molecule has 0 rings (SSSR count). The molecular formula is C22H43Cl3O2Si. The molecule has 0 amide bonds. The Morgan fingerprint density at radius 1 is 0.571 bits per heavy atom. The van der Waals surface area contributed by atoms with E-state index in [-0.39, 0.29) is 5.97 Å². The summed E-state index contributed by atoms with van der Waals surface area (Å²) in [6.07, 6.45) is 23.6. The molecule has 0 atom stereocenters. The van der Waals surface area contributed by atoms with E-state index in [1.54, 1.807) is 0 Å². The summed E-state index contributed by atoms with van der Waals surface area (Å²) in [5, 5.41) is 0. The lowest BCUT2D eigenvalue weighted by Crippen LogP contribution is -2.07. The van der Waals surface area contributed by atoms with Crippen molar-refractivity contribution in [2.45, 2.75) is 129 Å². The molecule has 6 heteroatoms. The van der Waals surface area contributed by atoms with Crippen LogP contribution in [0.1, 0.15) is 122 Å². The van der Waals surface area contributed by atoms with Gasteiger partial charge >= 0.3 is 12.0 Å².